The van der Waals surface area contributed by atoms with E-state index >= 15 is 0 Å². The summed E-state index contributed by atoms with van der Waals surface area (Å²) < 4.78 is 1.70. The number of aromatic nitrogens is 2. The first-order valence-corrected chi connectivity index (χ1v) is 10.3. The third-order valence-corrected chi connectivity index (χ3v) is 5.00. The van der Waals surface area contributed by atoms with Crippen LogP contribution in [-0.4, -0.2) is 65.0 Å². The lowest BCUT2D eigenvalue weighted by molar-refractivity contribution is 0.0671. The zero-order chi connectivity index (χ0) is 19.9. The Hall–Kier alpha value is -0.870. The van der Waals surface area contributed by atoms with Crippen molar-refractivity contribution in [3.05, 3.63) is 18.0 Å². The predicted molar refractivity (Wildman–Crippen MR) is 126 cm³/mol. The Morgan fingerprint density at radius 3 is 2.79 bits per heavy atom. The summed E-state index contributed by atoms with van der Waals surface area (Å²) in [5.74, 6) is 2.12. The van der Waals surface area contributed by atoms with Crippen LogP contribution in [0.5, 0.6) is 0 Å². The Bertz CT molecular complexity index is 601. The van der Waals surface area contributed by atoms with Gasteiger partial charge in [0.2, 0.25) is 0 Å². The lowest BCUT2D eigenvalue weighted by atomic mass is 9.97. The van der Waals surface area contributed by atoms with E-state index in [2.05, 4.69) is 46.4 Å². The number of aliphatic imine (C=N–C) groups is 1. The van der Waals surface area contributed by atoms with Crippen molar-refractivity contribution in [1.29, 1.82) is 0 Å². The molecule has 3 N–H and O–H groups in total. The standard InChI is InChI=1S/C20H38N6O.HI/c1-6-21-19(23-15-20(4,27)18-11-24-25(5)14-18)22-10-17-8-7-9-26(13-17)12-16(2)3;/h11,14,16-17,27H,6-10,12-13,15H2,1-5H3,(H2,21,22,23);1H. The molecule has 0 saturated carbocycles. The Kier molecular flexibility index (Phi) is 10.8. The molecule has 0 radical (unpaired) electrons. The van der Waals surface area contributed by atoms with Gasteiger partial charge in [0, 0.05) is 45.0 Å². The van der Waals surface area contributed by atoms with Gasteiger partial charge in [0.05, 0.1) is 12.7 Å². The van der Waals surface area contributed by atoms with Gasteiger partial charge in [0.15, 0.2) is 5.96 Å². The van der Waals surface area contributed by atoms with Gasteiger partial charge in [-0.25, -0.2) is 4.99 Å². The second-order valence-corrected chi connectivity index (χ2v) is 8.41. The number of hydrogen-bond acceptors (Lipinski definition) is 4. The van der Waals surface area contributed by atoms with E-state index in [-0.39, 0.29) is 30.5 Å². The molecule has 162 valence electrons. The van der Waals surface area contributed by atoms with E-state index < -0.39 is 5.60 Å². The zero-order valence-electron chi connectivity index (χ0n) is 18.1. The second-order valence-electron chi connectivity index (χ2n) is 8.41. The average Bonchev–Trinajstić information content (AvgIpc) is 3.04. The molecule has 1 aromatic rings. The topological polar surface area (TPSA) is 77.7 Å². The maximum absolute atomic E-state index is 10.7. The first kappa shape index (κ1) is 25.2. The van der Waals surface area contributed by atoms with Crippen LogP contribution in [0, 0.1) is 11.8 Å². The van der Waals surface area contributed by atoms with E-state index in [9.17, 15) is 5.11 Å². The largest absolute Gasteiger partial charge is 0.383 e. The van der Waals surface area contributed by atoms with E-state index in [1.807, 2.05) is 13.2 Å². The number of rotatable bonds is 8. The van der Waals surface area contributed by atoms with Gasteiger partial charge >= 0.3 is 0 Å². The minimum atomic E-state index is -1.03. The molecule has 0 aromatic carbocycles. The second kappa shape index (κ2) is 12.0. The molecule has 0 spiro atoms. The van der Waals surface area contributed by atoms with Crippen LogP contribution < -0.4 is 10.6 Å². The molecular weight excluding hydrogens is 467 g/mol. The maximum atomic E-state index is 10.7. The van der Waals surface area contributed by atoms with Gasteiger partial charge in [-0.05, 0) is 45.1 Å². The van der Waals surface area contributed by atoms with Crippen molar-refractivity contribution in [2.75, 3.05) is 39.3 Å². The number of hydrogen-bond donors (Lipinski definition) is 3. The smallest absolute Gasteiger partial charge is 0.191 e. The molecule has 28 heavy (non-hydrogen) atoms. The van der Waals surface area contributed by atoms with Crippen LogP contribution in [0.3, 0.4) is 0 Å². The highest BCUT2D eigenvalue weighted by atomic mass is 127. The quantitative estimate of drug-likeness (QED) is 0.286. The van der Waals surface area contributed by atoms with Gasteiger partial charge in [-0.2, -0.15) is 5.10 Å². The molecule has 7 nitrogen and oxygen atoms in total. The van der Waals surface area contributed by atoms with E-state index in [0.717, 1.165) is 31.2 Å². The Labute approximate surface area is 187 Å². The molecule has 2 rings (SSSR count). The van der Waals surface area contributed by atoms with E-state index in [4.69, 9.17) is 0 Å². The molecule has 1 aromatic heterocycles. The molecule has 2 atom stereocenters. The summed E-state index contributed by atoms with van der Waals surface area (Å²) in [5.41, 5.74) is -0.253. The van der Waals surface area contributed by atoms with Crippen LogP contribution >= 0.6 is 24.0 Å². The van der Waals surface area contributed by atoms with Crippen molar-refractivity contribution in [3.8, 4) is 0 Å². The van der Waals surface area contributed by atoms with Crippen molar-refractivity contribution in [3.63, 3.8) is 0 Å². The lowest BCUT2D eigenvalue weighted by Crippen LogP contribution is -2.45. The average molecular weight is 506 g/mol. The van der Waals surface area contributed by atoms with Crippen LogP contribution in [0.25, 0.3) is 0 Å². The summed E-state index contributed by atoms with van der Waals surface area (Å²) in [6, 6.07) is 0. The Morgan fingerprint density at radius 1 is 1.43 bits per heavy atom. The third kappa shape index (κ3) is 8.24. The van der Waals surface area contributed by atoms with Crippen LogP contribution in [0.2, 0.25) is 0 Å². The number of nitrogens with one attached hydrogen (secondary N) is 2. The molecule has 2 heterocycles. The SMILES string of the molecule is CCNC(=NCC(C)(O)c1cnn(C)c1)NCC1CCCN(CC(C)C)C1.I. The summed E-state index contributed by atoms with van der Waals surface area (Å²) >= 11 is 0. The summed E-state index contributed by atoms with van der Waals surface area (Å²) in [5, 5.41) is 21.6. The van der Waals surface area contributed by atoms with Crippen LogP contribution in [-0.2, 0) is 12.6 Å². The molecule has 1 fully saturated rings. The molecule has 2 unspecified atom stereocenters. The number of nitrogens with zero attached hydrogens (tertiary/aromatic N) is 4. The Balaban J connectivity index is 0.00000392. The number of likely N-dealkylation sites (tertiary alicyclic amines) is 1. The van der Waals surface area contributed by atoms with Crippen LogP contribution in [0.4, 0.5) is 0 Å². The molecule has 1 saturated heterocycles. The fourth-order valence-electron chi connectivity index (χ4n) is 3.61. The monoisotopic (exact) mass is 506 g/mol. The van der Waals surface area contributed by atoms with Gasteiger partial charge in [-0.3, -0.25) is 4.68 Å². The molecule has 0 amide bonds. The zero-order valence-corrected chi connectivity index (χ0v) is 20.4. The van der Waals surface area contributed by atoms with Crippen LogP contribution in [0.1, 0.15) is 46.1 Å². The van der Waals surface area contributed by atoms with Gasteiger partial charge < -0.3 is 20.6 Å². The number of guanidine groups is 1. The van der Waals surface area contributed by atoms with Crippen molar-refractivity contribution in [2.24, 2.45) is 23.9 Å². The summed E-state index contributed by atoms with van der Waals surface area (Å²) in [6.07, 6.45) is 6.05. The number of piperidine rings is 1. The fraction of sp³-hybridized carbons (Fsp3) is 0.800. The van der Waals surface area contributed by atoms with Gasteiger partial charge in [0.25, 0.3) is 0 Å². The first-order chi connectivity index (χ1) is 12.8. The van der Waals surface area contributed by atoms with E-state index in [0.29, 0.717) is 11.8 Å². The molecule has 1 aliphatic rings. The van der Waals surface area contributed by atoms with Gasteiger partial charge in [-0.1, -0.05) is 13.8 Å². The predicted octanol–water partition coefficient (Wildman–Crippen LogP) is 2.17. The molecular formula is C20H39IN6O. The van der Waals surface area contributed by atoms with Crippen molar-refractivity contribution < 1.29 is 5.11 Å². The maximum Gasteiger partial charge on any atom is 0.191 e. The molecule has 1 aliphatic heterocycles. The summed E-state index contributed by atoms with van der Waals surface area (Å²) in [4.78, 5) is 7.20. The van der Waals surface area contributed by atoms with E-state index in [1.165, 1.54) is 25.9 Å². The molecule has 0 aliphatic carbocycles. The number of aryl methyl sites for hydroxylation is 1. The number of halogens is 1. The van der Waals surface area contributed by atoms with Crippen molar-refractivity contribution in [2.45, 2.75) is 46.1 Å². The van der Waals surface area contributed by atoms with Crippen LogP contribution in [0.15, 0.2) is 17.4 Å². The van der Waals surface area contributed by atoms with E-state index in [1.54, 1.807) is 17.8 Å². The minimum Gasteiger partial charge on any atom is -0.383 e. The summed E-state index contributed by atoms with van der Waals surface area (Å²) in [7, 11) is 1.85. The lowest BCUT2D eigenvalue weighted by Gasteiger charge is -2.34. The minimum absolute atomic E-state index is 0. The Morgan fingerprint density at radius 2 is 2.18 bits per heavy atom. The third-order valence-electron chi connectivity index (χ3n) is 5.00. The number of aliphatic hydroxyl groups is 1. The fourth-order valence-corrected chi connectivity index (χ4v) is 3.61. The summed E-state index contributed by atoms with van der Waals surface area (Å²) in [6.45, 7) is 14.0. The molecule has 8 heteroatoms. The van der Waals surface area contributed by atoms with Gasteiger partial charge in [0.1, 0.15) is 5.60 Å². The molecule has 0 bridgehead atoms. The highest BCUT2D eigenvalue weighted by molar-refractivity contribution is 14.0. The first-order valence-electron chi connectivity index (χ1n) is 10.3. The normalized spacial score (nSPS) is 20.5. The highest BCUT2D eigenvalue weighted by Crippen LogP contribution is 2.20. The highest BCUT2D eigenvalue weighted by Gasteiger charge is 2.25. The van der Waals surface area contributed by atoms with Crippen molar-refractivity contribution >= 4 is 29.9 Å². The van der Waals surface area contributed by atoms with Crippen molar-refractivity contribution in [1.82, 2.24) is 25.3 Å². The van der Waals surface area contributed by atoms with Gasteiger partial charge in [-0.15, -0.1) is 24.0 Å².